The lowest BCUT2D eigenvalue weighted by Crippen LogP contribution is -2.40. The Bertz CT molecular complexity index is 1390. The van der Waals surface area contributed by atoms with Crippen LogP contribution in [0.15, 0.2) is 82.4 Å². The number of nitro groups is 1. The molecule has 0 aliphatic rings. The fraction of sp³-hybridized carbons (Fsp3) is 0.0909. The third-order valence-corrected chi connectivity index (χ3v) is 5.25. The lowest BCUT2D eigenvalue weighted by molar-refractivity contribution is -0.384. The standard InChI is InChI=1S/C22H16ClN3O4/c23-19-10-3-1-7-16(19)14-25-21(27)18-9-2-4-11-20(18)24(22(25)28)13-15-6-5-8-17(12-15)26(29)30/h1-12H,13-14H2. The fourth-order valence-corrected chi connectivity index (χ4v) is 3.61. The number of benzene rings is 3. The molecule has 0 aliphatic carbocycles. The quantitative estimate of drug-likeness (QED) is 0.362. The number of hydrogen-bond acceptors (Lipinski definition) is 4. The molecule has 0 atom stereocenters. The molecule has 1 heterocycles. The molecule has 4 aromatic rings. The predicted molar refractivity (Wildman–Crippen MR) is 115 cm³/mol. The molecular weight excluding hydrogens is 406 g/mol. The minimum Gasteiger partial charge on any atom is -0.289 e. The predicted octanol–water partition coefficient (Wildman–Crippen LogP) is 3.82. The van der Waals surface area contributed by atoms with Crippen LogP contribution in [0.25, 0.3) is 10.9 Å². The summed E-state index contributed by atoms with van der Waals surface area (Å²) in [7, 11) is 0. The number of halogens is 1. The number of nitro benzene ring substituents is 1. The van der Waals surface area contributed by atoms with E-state index in [-0.39, 0.29) is 18.8 Å². The van der Waals surface area contributed by atoms with Crippen molar-refractivity contribution < 1.29 is 4.92 Å². The Hall–Kier alpha value is -3.71. The number of nitrogens with zero attached hydrogens (tertiary/aromatic N) is 3. The lowest BCUT2D eigenvalue weighted by Gasteiger charge is -2.15. The molecule has 1 aromatic heterocycles. The molecule has 30 heavy (non-hydrogen) atoms. The van der Waals surface area contributed by atoms with Crippen molar-refractivity contribution in [2.24, 2.45) is 0 Å². The van der Waals surface area contributed by atoms with Crippen molar-refractivity contribution in [2.75, 3.05) is 0 Å². The van der Waals surface area contributed by atoms with Gasteiger partial charge in [0.2, 0.25) is 0 Å². The van der Waals surface area contributed by atoms with E-state index in [4.69, 9.17) is 11.6 Å². The highest BCUT2D eigenvalue weighted by atomic mass is 35.5. The van der Waals surface area contributed by atoms with E-state index in [1.54, 1.807) is 60.7 Å². The van der Waals surface area contributed by atoms with Crippen LogP contribution >= 0.6 is 11.6 Å². The van der Waals surface area contributed by atoms with Gasteiger partial charge in [-0.1, -0.05) is 54.1 Å². The molecule has 3 aromatic carbocycles. The van der Waals surface area contributed by atoms with Crippen molar-refractivity contribution in [3.05, 3.63) is 120 Å². The third kappa shape index (κ3) is 3.62. The van der Waals surface area contributed by atoms with Gasteiger partial charge in [-0.3, -0.25) is 24.0 Å². The number of non-ortho nitro benzene ring substituents is 1. The Morgan fingerprint density at radius 1 is 0.867 bits per heavy atom. The number of rotatable bonds is 5. The topological polar surface area (TPSA) is 87.1 Å². The first-order chi connectivity index (χ1) is 14.5. The molecule has 0 N–H and O–H groups in total. The maximum Gasteiger partial charge on any atom is 0.332 e. The summed E-state index contributed by atoms with van der Waals surface area (Å²) in [6.07, 6.45) is 0. The van der Waals surface area contributed by atoms with Gasteiger partial charge in [0.1, 0.15) is 0 Å². The summed E-state index contributed by atoms with van der Waals surface area (Å²) in [6, 6.07) is 19.9. The molecule has 0 radical (unpaired) electrons. The van der Waals surface area contributed by atoms with Crippen molar-refractivity contribution in [1.82, 2.24) is 9.13 Å². The molecule has 0 spiro atoms. The van der Waals surface area contributed by atoms with E-state index in [9.17, 15) is 19.7 Å². The number of para-hydroxylation sites is 1. The zero-order chi connectivity index (χ0) is 21.3. The van der Waals surface area contributed by atoms with Crippen molar-refractivity contribution in [3.63, 3.8) is 0 Å². The SMILES string of the molecule is O=c1c2ccccc2n(Cc2cccc([N+](=O)[O-])c2)c(=O)n1Cc1ccccc1Cl. The highest BCUT2D eigenvalue weighted by Gasteiger charge is 2.15. The normalized spacial score (nSPS) is 11.0. The van der Waals surface area contributed by atoms with Crippen LogP contribution < -0.4 is 11.2 Å². The van der Waals surface area contributed by atoms with Crippen molar-refractivity contribution in [1.29, 1.82) is 0 Å². The molecule has 0 aliphatic heterocycles. The average Bonchev–Trinajstić information content (AvgIpc) is 2.75. The van der Waals surface area contributed by atoms with Crippen molar-refractivity contribution in [3.8, 4) is 0 Å². The highest BCUT2D eigenvalue weighted by Crippen LogP contribution is 2.17. The van der Waals surface area contributed by atoms with Gasteiger partial charge in [0, 0.05) is 17.2 Å². The highest BCUT2D eigenvalue weighted by molar-refractivity contribution is 6.31. The first kappa shape index (κ1) is 19.6. The summed E-state index contributed by atoms with van der Waals surface area (Å²) in [4.78, 5) is 36.9. The zero-order valence-corrected chi connectivity index (χ0v) is 16.5. The third-order valence-electron chi connectivity index (χ3n) is 4.88. The van der Waals surface area contributed by atoms with Gasteiger partial charge < -0.3 is 0 Å². The largest absolute Gasteiger partial charge is 0.332 e. The Labute approximate surface area is 175 Å². The van der Waals surface area contributed by atoms with Crippen LogP contribution in [0, 0.1) is 10.1 Å². The summed E-state index contributed by atoms with van der Waals surface area (Å²) in [5.74, 6) is 0. The van der Waals surface area contributed by atoms with Crippen molar-refractivity contribution in [2.45, 2.75) is 13.1 Å². The Kier molecular flexibility index (Phi) is 5.20. The van der Waals surface area contributed by atoms with Gasteiger partial charge in [-0.2, -0.15) is 0 Å². The van der Waals surface area contributed by atoms with Gasteiger partial charge in [-0.15, -0.1) is 0 Å². The zero-order valence-electron chi connectivity index (χ0n) is 15.7. The molecule has 0 bridgehead atoms. The van der Waals surface area contributed by atoms with Crippen LogP contribution in [0.4, 0.5) is 5.69 Å². The minimum atomic E-state index is -0.509. The molecule has 8 heteroatoms. The molecule has 0 fully saturated rings. The lowest BCUT2D eigenvalue weighted by atomic mass is 10.1. The molecule has 0 saturated carbocycles. The van der Waals surface area contributed by atoms with E-state index in [1.165, 1.54) is 16.7 Å². The van der Waals surface area contributed by atoms with Crippen molar-refractivity contribution >= 4 is 28.2 Å². The van der Waals surface area contributed by atoms with Crippen LogP contribution in [0.3, 0.4) is 0 Å². The van der Waals surface area contributed by atoms with E-state index in [0.29, 0.717) is 27.1 Å². The second-order valence-electron chi connectivity index (χ2n) is 6.80. The number of aromatic nitrogens is 2. The van der Waals surface area contributed by atoms with Gasteiger partial charge in [0.05, 0.1) is 28.9 Å². The molecule has 7 nitrogen and oxygen atoms in total. The fourth-order valence-electron chi connectivity index (χ4n) is 3.41. The Morgan fingerprint density at radius 2 is 1.60 bits per heavy atom. The molecule has 0 saturated heterocycles. The monoisotopic (exact) mass is 421 g/mol. The average molecular weight is 422 g/mol. The molecule has 4 rings (SSSR count). The second kappa shape index (κ2) is 7.96. The summed E-state index contributed by atoms with van der Waals surface area (Å²) in [5, 5.41) is 11.9. The second-order valence-corrected chi connectivity index (χ2v) is 7.20. The van der Waals surface area contributed by atoms with Gasteiger partial charge in [-0.05, 0) is 29.3 Å². The first-order valence-corrected chi connectivity index (χ1v) is 9.52. The summed E-state index contributed by atoms with van der Waals surface area (Å²) in [6.45, 7) is 0.112. The summed E-state index contributed by atoms with van der Waals surface area (Å²) in [5.41, 5.74) is 0.717. The number of hydrogen-bond donors (Lipinski definition) is 0. The van der Waals surface area contributed by atoms with E-state index in [2.05, 4.69) is 0 Å². The molecule has 0 unspecified atom stereocenters. The Balaban J connectivity index is 1.90. The van der Waals surface area contributed by atoms with Crippen LogP contribution in [-0.4, -0.2) is 14.1 Å². The maximum absolute atomic E-state index is 13.3. The number of fused-ring (bicyclic) bond motifs is 1. The van der Waals surface area contributed by atoms with E-state index < -0.39 is 16.2 Å². The van der Waals surface area contributed by atoms with Gasteiger partial charge in [-0.25, -0.2) is 4.79 Å². The Morgan fingerprint density at radius 3 is 2.37 bits per heavy atom. The molecule has 150 valence electrons. The van der Waals surface area contributed by atoms with Crippen LogP contribution in [0.5, 0.6) is 0 Å². The van der Waals surface area contributed by atoms with E-state index >= 15 is 0 Å². The summed E-state index contributed by atoms with van der Waals surface area (Å²) >= 11 is 6.23. The van der Waals surface area contributed by atoms with E-state index in [1.807, 2.05) is 0 Å². The minimum absolute atomic E-state index is 0.0249. The van der Waals surface area contributed by atoms with Gasteiger partial charge >= 0.3 is 5.69 Å². The summed E-state index contributed by atoms with van der Waals surface area (Å²) < 4.78 is 2.59. The van der Waals surface area contributed by atoms with Gasteiger partial charge in [0.15, 0.2) is 0 Å². The molecule has 0 amide bonds. The first-order valence-electron chi connectivity index (χ1n) is 9.15. The van der Waals surface area contributed by atoms with Gasteiger partial charge in [0.25, 0.3) is 11.2 Å². The molecular formula is C22H16ClN3O4. The van der Waals surface area contributed by atoms with Crippen LogP contribution in [-0.2, 0) is 13.1 Å². The van der Waals surface area contributed by atoms with Crippen LogP contribution in [0.2, 0.25) is 5.02 Å². The maximum atomic E-state index is 13.3. The van der Waals surface area contributed by atoms with Crippen LogP contribution in [0.1, 0.15) is 11.1 Å². The van der Waals surface area contributed by atoms with E-state index in [0.717, 1.165) is 4.57 Å². The smallest absolute Gasteiger partial charge is 0.289 e.